The number of hydrogen-bond acceptors (Lipinski definition) is 4. The summed E-state index contributed by atoms with van der Waals surface area (Å²) in [6.07, 6.45) is 3.08. The van der Waals surface area contributed by atoms with Gasteiger partial charge < -0.3 is 15.8 Å². The van der Waals surface area contributed by atoms with E-state index in [0.29, 0.717) is 22.7 Å². The van der Waals surface area contributed by atoms with Crippen molar-refractivity contribution in [1.29, 1.82) is 0 Å². The van der Waals surface area contributed by atoms with Crippen LogP contribution in [0, 0.1) is 0 Å². The summed E-state index contributed by atoms with van der Waals surface area (Å²) in [5.74, 6) is 0.312. The Bertz CT molecular complexity index is 749. The van der Waals surface area contributed by atoms with Crippen molar-refractivity contribution in [3.8, 4) is 5.75 Å². The van der Waals surface area contributed by atoms with Gasteiger partial charge >= 0.3 is 0 Å². The van der Waals surface area contributed by atoms with Gasteiger partial charge in [0.2, 0.25) is 5.91 Å². The quantitative estimate of drug-likeness (QED) is 0.505. The zero-order chi connectivity index (χ0) is 16.8. The first-order valence-electron chi connectivity index (χ1n) is 7.03. The van der Waals surface area contributed by atoms with Gasteiger partial charge in [0.15, 0.2) is 5.78 Å². The van der Waals surface area contributed by atoms with E-state index < -0.39 is 0 Å². The first-order valence-corrected chi connectivity index (χ1v) is 7.03. The van der Waals surface area contributed by atoms with Crippen molar-refractivity contribution in [1.82, 2.24) is 0 Å². The number of rotatable bonds is 5. The number of nitrogens with one attached hydrogen (secondary N) is 1. The van der Waals surface area contributed by atoms with Crippen molar-refractivity contribution in [2.75, 3.05) is 18.2 Å². The van der Waals surface area contributed by atoms with Crippen LogP contribution in [-0.4, -0.2) is 18.8 Å². The molecule has 0 saturated heterocycles. The number of nitrogens with two attached hydrogens (primary N) is 1. The highest BCUT2D eigenvalue weighted by molar-refractivity contribution is 6.02. The van der Waals surface area contributed by atoms with Crippen molar-refractivity contribution in [3.05, 3.63) is 59.7 Å². The molecule has 1 amide bonds. The third kappa shape index (κ3) is 4.44. The zero-order valence-corrected chi connectivity index (χ0v) is 13.0. The van der Waals surface area contributed by atoms with Crippen molar-refractivity contribution in [2.45, 2.75) is 6.92 Å². The van der Waals surface area contributed by atoms with Gasteiger partial charge in [0, 0.05) is 17.3 Å². The van der Waals surface area contributed by atoms with Crippen molar-refractivity contribution in [2.24, 2.45) is 0 Å². The molecule has 0 radical (unpaired) electrons. The Kier molecular flexibility index (Phi) is 5.15. The Morgan fingerprint density at radius 2 is 1.83 bits per heavy atom. The standard InChI is InChI=1S/C18H18N2O3/c1-12(21)14-5-7-15(8-6-14)20-18(22)10-4-13-3-9-17(23-2)16(19)11-13/h3-11H,19H2,1-2H3,(H,20,22)/b10-4+. The van der Waals surface area contributed by atoms with Crippen LogP contribution in [0.4, 0.5) is 11.4 Å². The molecule has 3 N–H and O–H groups in total. The molecule has 0 bridgehead atoms. The van der Waals surface area contributed by atoms with E-state index in [9.17, 15) is 9.59 Å². The van der Waals surface area contributed by atoms with Gasteiger partial charge in [-0.25, -0.2) is 0 Å². The maximum Gasteiger partial charge on any atom is 0.248 e. The SMILES string of the molecule is COc1ccc(/C=C/C(=O)Nc2ccc(C(C)=O)cc2)cc1N. The lowest BCUT2D eigenvalue weighted by Gasteiger charge is -2.05. The first-order chi connectivity index (χ1) is 11.0. The highest BCUT2D eigenvalue weighted by Crippen LogP contribution is 2.22. The summed E-state index contributed by atoms with van der Waals surface area (Å²) in [6, 6.07) is 12.0. The largest absolute Gasteiger partial charge is 0.495 e. The minimum absolute atomic E-state index is 0.0140. The molecule has 0 aliphatic heterocycles. The van der Waals surface area contributed by atoms with Crippen LogP contribution in [0.5, 0.6) is 5.75 Å². The number of hydrogen-bond donors (Lipinski definition) is 2. The average molecular weight is 310 g/mol. The van der Waals surface area contributed by atoms with Crippen molar-refractivity contribution < 1.29 is 14.3 Å². The molecule has 0 atom stereocenters. The molecule has 2 aromatic carbocycles. The Morgan fingerprint density at radius 3 is 2.39 bits per heavy atom. The molecule has 0 unspecified atom stereocenters. The average Bonchev–Trinajstić information content (AvgIpc) is 2.53. The molecular weight excluding hydrogens is 292 g/mol. The summed E-state index contributed by atoms with van der Waals surface area (Å²) in [6.45, 7) is 1.50. The number of Topliss-reactive ketones (excluding diaryl/α,β-unsaturated/α-hetero) is 1. The third-order valence-electron chi connectivity index (χ3n) is 3.24. The van der Waals surface area contributed by atoms with E-state index >= 15 is 0 Å². The van der Waals surface area contributed by atoms with Crippen LogP contribution in [0.2, 0.25) is 0 Å². The summed E-state index contributed by atoms with van der Waals surface area (Å²) in [5, 5.41) is 2.72. The van der Waals surface area contributed by atoms with E-state index in [4.69, 9.17) is 10.5 Å². The lowest BCUT2D eigenvalue weighted by Crippen LogP contribution is -2.07. The molecule has 0 saturated carbocycles. The number of ketones is 1. The fraction of sp³-hybridized carbons (Fsp3) is 0.111. The number of carbonyl (C=O) groups excluding carboxylic acids is 2. The van der Waals surface area contributed by atoms with Crippen molar-refractivity contribution >= 4 is 29.1 Å². The van der Waals surface area contributed by atoms with Crippen molar-refractivity contribution in [3.63, 3.8) is 0 Å². The minimum Gasteiger partial charge on any atom is -0.495 e. The van der Waals surface area contributed by atoms with Gasteiger partial charge in [-0.15, -0.1) is 0 Å². The van der Waals surface area contributed by atoms with Gasteiger partial charge in [-0.1, -0.05) is 6.07 Å². The van der Waals surface area contributed by atoms with E-state index in [1.54, 1.807) is 55.7 Å². The molecular formula is C18H18N2O3. The Labute approximate surface area is 134 Å². The van der Waals surface area contributed by atoms with E-state index in [1.807, 2.05) is 0 Å². The number of carbonyl (C=O) groups is 2. The van der Waals surface area contributed by atoms with Gasteiger partial charge in [0.05, 0.1) is 12.8 Å². The van der Waals surface area contributed by atoms with Gasteiger partial charge in [0.25, 0.3) is 0 Å². The maximum absolute atomic E-state index is 11.9. The highest BCUT2D eigenvalue weighted by atomic mass is 16.5. The molecule has 0 heterocycles. The summed E-state index contributed by atoms with van der Waals surface area (Å²) in [4.78, 5) is 23.1. The number of methoxy groups -OCH3 is 1. The van der Waals surface area contributed by atoms with Gasteiger partial charge in [-0.2, -0.15) is 0 Å². The minimum atomic E-state index is -0.269. The Hall–Kier alpha value is -3.08. The van der Waals surface area contributed by atoms with Crippen LogP contribution >= 0.6 is 0 Å². The van der Waals surface area contributed by atoms with E-state index in [0.717, 1.165) is 5.56 Å². The molecule has 2 aromatic rings. The van der Waals surface area contributed by atoms with Gasteiger partial charge in [-0.3, -0.25) is 9.59 Å². The lowest BCUT2D eigenvalue weighted by molar-refractivity contribution is -0.111. The van der Waals surface area contributed by atoms with Crippen LogP contribution in [0.3, 0.4) is 0 Å². The summed E-state index contributed by atoms with van der Waals surface area (Å²) >= 11 is 0. The monoisotopic (exact) mass is 310 g/mol. The highest BCUT2D eigenvalue weighted by Gasteiger charge is 2.02. The fourth-order valence-corrected chi connectivity index (χ4v) is 2.00. The molecule has 0 aliphatic rings. The van der Waals surface area contributed by atoms with Crippen LogP contribution in [0.1, 0.15) is 22.8 Å². The smallest absolute Gasteiger partial charge is 0.248 e. The molecule has 0 spiro atoms. The molecule has 0 aliphatic carbocycles. The first kappa shape index (κ1) is 16.3. The van der Waals surface area contributed by atoms with Gasteiger partial charge in [0.1, 0.15) is 5.75 Å². The summed E-state index contributed by atoms with van der Waals surface area (Å²) in [5.41, 5.74) is 8.35. The number of amides is 1. The Morgan fingerprint density at radius 1 is 1.13 bits per heavy atom. The van der Waals surface area contributed by atoms with Crippen LogP contribution < -0.4 is 15.8 Å². The second-order valence-electron chi connectivity index (χ2n) is 4.96. The molecule has 23 heavy (non-hydrogen) atoms. The van der Waals surface area contributed by atoms with Crippen LogP contribution in [0.25, 0.3) is 6.08 Å². The Balaban J connectivity index is 2.01. The third-order valence-corrected chi connectivity index (χ3v) is 3.24. The second kappa shape index (κ2) is 7.26. The zero-order valence-electron chi connectivity index (χ0n) is 13.0. The van der Waals surface area contributed by atoms with Crippen LogP contribution in [0.15, 0.2) is 48.5 Å². The fourth-order valence-electron chi connectivity index (χ4n) is 2.00. The van der Waals surface area contributed by atoms with E-state index in [2.05, 4.69) is 5.32 Å². The summed E-state index contributed by atoms with van der Waals surface area (Å²) in [7, 11) is 1.55. The predicted molar refractivity (Wildman–Crippen MR) is 91.5 cm³/mol. The number of ether oxygens (including phenoxy) is 1. The molecule has 118 valence electrons. The summed E-state index contributed by atoms with van der Waals surface area (Å²) < 4.78 is 5.08. The number of nitrogen functional groups attached to an aromatic ring is 1. The van der Waals surface area contributed by atoms with Gasteiger partial charge in [-0.05, 0) is 55.0 Å². The van der Waals surface area contributed by atoms with E-state index in [-0.39, 0.29) is 11.7 Å². The van der Waals surface area contributed by atoms with E-state index in [1.165, 1.54) is 13.0 Å². The molecule has 5 heteroatoms. The van der Waals surface area contributed by atoms with Crippen LogP contribution in [-0.2, 0) is 4.79 Å². The maximum atomic E-state index is 11.9. The molecule has 0 fully saturated rings. The lowest BCUT2D eigenvalue weighted by atomic mass is 10.1. The predicted octanol–water partition coefficient (Wildman–Crippen LogP) is 3.13. The molecule has 5 nitrogen and oxygen atoms in total. The molecule has 2 rings (SSSR count). The molecule has 0 aromatic heterocycles. The second-order valence-corrected chi connectivity index (χ2v) is 4.96. The topological polar surface area (TPSA) is 81.4 Å². The normalized spacial score (nSPS) is 10.5. The number of anilines is 2. The number of benzene rings is 2.